The largest absolute Gasteiger partial charge is 0.497 e. The van der Waals surface area contributed by atoms with Crippen LogP contribution in [-0.4, -0.2) is 40.3 Å². The molecule has 1 aliphatic rings. The number of benzene rings is 3. The van der Waals surface area contributed by atoms with E-state index < -0.39 is 23.4 Å². The van der Waals surface area contributed by atoms with Crippen molar-refractivity contribution in [1.82, 2.24) is 19.5 Å². The third-order valence-corrected chi connectivity index (χ3v) is 6.95. The van der Waals surface area contributed by atoms with Crippen molar-refractivity contribution in [3.63, 3.8) is 0 Å². The Kier molecular flexibility index (Phi) is 6.88. The van der Waals surface area contributed by atoms with Crippen molar-refractivity contribution in [2.75, 3.05) is 31.5 Å². The minimum absolute atomic E-state index is 0.132. The number of nitrogens with zero attached hydrogens (tertiary/aromatic N) is 3. The second kappa shape index (κ2) is 10.8. The number of hydrogen-bond donors (Lipinski definition) is 3. The molecule has 10 nitrogen and oxygen atoms in total. The molecule has 0 aliphatic carbocycles. The van der Waals surface area contributed by atoms with Gasteiger partial charge in [-0.1, -0.05) is 12.1 Å². The van der Waals surface area contributed by atoms with Crippen molar-refractivity contribution < 1.29 is 23.0 Å². The average molecular weight is 561 g/mol. The highest BCUT2D eigenvalue weighted by Gasteiger charge is 2.28. The zero-order chi connectivity index (χ0) is 28.5. The fourth-order valence-electron chi connectivity index (χ4n) is 4.98. The number of imidazole rings is 1. The van der Waals surface area contributed by atoms with Gasteiger partial charge in [-0.3, -0.25) is 4.57 Å². The second-order valence-corrected chi connectivity index (χ2v) is 9.39. The molecule has 0 fully saturated rings. The van der Waals surface area contributed by atoms with Crippen LogP contribution in [0.2, 0.25) is 0 Å². The lowest BCUT2D eigenvalue weighted by Gasteiger charge is -2.26. The Morgan fingerprint density at radius 3 is 2.80 bits per heavy atom. The number of halogens is 2. The summed E-state index contributed by atoms with van der Waals surface area (Å²) in [7, 11) is 3.14. The molecule has 1 aliphatic heterocycles. The summed E-state index contributed by atoms with van der Waals surface area (Å²) in [5, 5.41) is 6.36. The topological polar surface area (TPSA) is 115 Å². The maximum Gasteiger partial charge on any atom is 0.328 e. The van der Waals surface area contributed by atoms with Crippen molar-refractivity contribution in [1.29, 1.82) is 0 Å². The van der Waals surface area contributed by atoms with E-state index in [4.69, 9.17) is 14.2 Å². The number of nitrogens with one attached hydrogen (secondary N) is 3. The first-order valence-electron chi connectivity index (χ1n) is 12.8. The number of hydrogen-bond acceptors (Lipinski definition) is 8. The fourth-order valence-corrected chi connectivity index (χ4v) is 4.98. The fraction of sp³-hybridized carbons (Fsp3) is 0.207. The predicted octanol–water partition coefficient (Wildman–Crippen LogP) is 5.14. The van der Waals surface area contributed by atoms with Crippen molar-refractivity contribution >= 4 is 28.5 Å². The van der Waals surface area contributed by atoms with Crippen LogP contribution in [0.3, 0.4) is 0 Å². The summed E-state index contributed by atoms with van der Waals surface area (Å²) in [4.78, 5) is 24.7. The Morgan fingerprint density at radius 2 is 1.98 bits per heavy atom. The Morgan fingerprint density at radius 1 is 1.10 bits per heavy atom. The highest BCUT2D eigenvalue weighted by Crippen LogP contribution is 2.37. The Bertz CT molecular complexity index is 1800. The van der Waals surface area contributed by atoms with Crippen LogP contribution in [0.25, 0.3) is 11.2 Å². The molecule has 0 bridgehead atoms. The summed E-state index contributed by atoms with van der Waals surface area (Å²) in [5.74, 6) is 0.684. The van der Waals surface area contributed by atoms with Crippen molar-refractivity contribution in [3.8, 4) is 17.2 Å². The molecule has 1 atom stereocenters. The number of fused-ring (bicyclic) bond motifs is 2. The van der Waals surface area contributed by atoms with E-state index >= 15 is 0 Å². The molecule has 12 heteroatoms. The number of aromatic amines is 1. The van der Waals surface area contributed by atoms with Gasteiger partial charge in [0.1, 0.15) is 22.8 Å². The lowest BCUT2D eigenvalue weighted by molar-refractivity contribution is 0.244. The molecule has 0 amide bonds. The van der Waals surface area contributed by atoms with E-state index in [1.807, 2.05) is 12.1 Å². The van der Waals surface area contributed by atoms with E-state index in [0.29, 0.717) is 52.6 Å². The minimum Gasteiger partial charge on any atom is -0.497 e. The molecule has 0 saturated heterocycles. The number of aromatic nitrogens is 4. The molecule has 3 N–H and O–H groups in total. The molecular weight excluding hydrogens is 534 g/mol. The van der Waals surface area contributed by atoms with Gasteiger partial charge in [0.25, 0.3) is 0 Å². The van der Waals surface area contributed by atoms with Crippen LogP contribution in [0.5, 0.6) is 17.2 Å². The molecule has 0 radical (unpaired) electrons. The first kappa shape index (κ1) is 26.1. The third kappa shape index (κ3) is 4.99. The van der Waals surface area contributed by atoms with Gasteiger partial charge < -0.3 is 29.8 Å². The van der Waals surface area contributed by atoms with Crippen molar-refractivity contribution in [2.45, 2.75) is 19.0 Å². The third-order valence-electron chi connectivity index (χ3n) is 6.95. The summed E-state index contributed by atoms with van der Waals surface area (Å²) in [6.45, 7) is 0.583. The van der Waals surface area contributed by atoms with Gasteiger partial charge in [0.2, 0.25) is 5.95 Å². The molecular formula is C29H26F2N6O4. The van der Waals surface area contributed by atoms with Gasteiger partial charge in [0.05, 0.1) is 44.4 Å². The molecule has 1 unspecified atom stereocenters. The van der Waals surface area contributed by atoms with Gasteiger partial charge in [-0.25, -0.2) is 18.6 Å². The van der Waals surface area contributed by atoms with Crippen LogP contribution in [0.15, 0.2) is 65.6 Å². The summed E-state index contributed by atoms with van der Waals surface area (Å²) in [5.41, 5.74) is 2.75. The Hall–Kier alpha value is -5.13. The number of rotatable bonds is 8. The van der Waals surface area contributed by atoms with Gasteiger partial charge in [-0.15, -0.1) is 0 Å². The SMILES string of the molecule is COc1ccc(CNc2cc(F)ccc2Nc2ncc3[nH]c(=O)n(C4CCOc5c(F)cccc54)c3n2)c(OC)c1. The zero-order valence-electron chi connectivity index (χ0n) is 22.2. The molecule has 6 rings (SSSR count). The monoisotopic (exact) mass is 560 g/mol. The van der Waals surface area contributed by atoms with Crippen LogP contribution in [0, 0.1) is 11.6 Å². The second-order valence-electron chi connectivity index (χ2n) is 9.39. The zero-order valence-corrected chi connectivity index (χ0v) is 22.2. The van der Waals surface area contributed by atoms with Crippen LogP contribution in [0.1, 0.15) is 23.6 Å². The Labute approximate surface area is 232 Å². The van der Waals surface area contributed by atoms with E-state index in [1.54, 1.807) is 38.5 Å². The van der Waals surface area contributed by atoms with E-state index in [-0.39, 0.29) is 18.3 Å². The molecule has 3 heterocycles. The number of ether oxygens (including phenoxy) is 3. The van der Waals surface area contributed by atoms with E-state index in [9.17, 15) is 13.6 Å². The molecule has 0 saturated carbocycles. The number of anilines is 3. The minimum atomic E-state index is -0.485. The predicted molar refractivity (Wildman–Crippen MR) is 149 cm³/mol. The quantitative estimate of drug-likeness (QED) is 0.239. The van der Waals surface area contributed by atoms with Crippen LogP contribution < -0.4 is 30.5 Å². The molecule has 210 valence electrons. The molecule has 5 aromatic rings. The first-order valence-corrected chi connectivity index (χ1v) is 12.8. The lowest BCUT2D eigenvalue weighted by atomic mass is 10.00. The maximum atomic E-state index is 14.4. The smallest absolute Gasteiger partial charge is 0.328 e. The van der Waals surface area contributed by atoms with E-state index in [1.165, 1.54) is 29.0 Å². The van der Waals surface area contributed by atoms with E-state index in [2.05, 4.69) is 25.6 Å². The average Bonchev–Trinajstić information content (AvgIpc) is 3.31. The summed E-state index contributed by atoms with van der Waals surface area (Å²) in [6, 6.07) is 13.9. The molecule has 2 aromatic heterocycles. The van der Waals surface area contributed by atoms with Gasteiger partial charge in [0, 0.05) is 30.2 Å². The number of H-pyrrole nitrogens is 1. The van der Waals surface area contributed by atoms with Crippen molar-refractivity contribution in [2.24, 2.45) is 0 Å². The Balaban J connectivity index is 1.31. The summed E-state index contributed by atoms with van der Waals surface area (Å²) in [6.07, 6.45) is 1.95. The molecule has 0 spiro atoms. The van der Waals surface area contributed by atoms with Gasteiger partial charge in [0.15, 0.2) is 17.2 Å². The lowest BCUT2D eigenvalue weighted by Crippen LogP contribution is -2.28. The number of para-hydroxylation sites is 1. The van der Waals surface area contributed by atoms with Crippen molar-refractivity contribution in [3.05, 3.63) is 94.0 Å². The first-order chi connectivity index (χ1) is 19.9. The van der Waals surface area contributed by atoms with Crippen LogP contribution >= 0.6 is 0 Å². The summed E-state index contributed by atoms with van der Waals surface area (Å²) >= 11 is 0. The van der Waals surface area contributed by atoms with Crippen LogP contribution in [0.4, 0.5) is 26.1 Å². The normalized spacial score (nSPS) is 14.3. The molecule has 3 aromatic carbocycles. The molecule has 41 heavy (non-hydrogen) atoms. The van der Waals surface area contributed by atoms with Gasteiger partial charge >= 0.3 is 5.69 Å². The highest BCUT2D eigenvalue weighted by molar-refractivity contribution is 5.76. The van der Waals surface area contributed by atoms with E-state index in [0.717, 1.165) is 5.56 Å². The number of methoxy groups -OCH3 is 2. The standard InChI is InChI=1S/C29H26F2N6O4/c1-39-18-8-6-16(25(13-18)40-2)14-32-22-12-17(30)7-9-21(22)34-28-33-15-23-27(36-28)37(29(38)35-23)24-10-11-41-26-19(24)4-3-5-20(26)31/h3-9,12-13,15,24,32H,10-11,14H2,1-2H3,(H,35,38)(H,33,34,36). The highest BCUT2D eigenvalue weighted by atomic mass is 19.1. The van der Waals surface area contributed by atoms with Gasteiger partial charge in [-0.05, 0) is 36.4 Å². The maximum absolute atomic E-state index is 14.4. The van der Waals surface area contributed by atoms with Crippen LogP contribution in [-0.2, 0) is 6.54 Å². The summed E-state index contributed by atoms with van der Waals surface area (Å²) < 4.78 is 46.4. The van der Waals surface area contributed by atoms with Gasteiger partial charge in [-0.2, -0.15) is 4.98 Å².